The molecule has 1 heterocycles. The highest BCUT2D eigenvalue weighted by molar-refractivity contribution is 5.44. The predicted octanol–water partition coefficient (Wildman–Crippen LogP) is 4.23. The molecule has 0 aromatic heterocycles. The van der Waals surface area contributed by atoms with Crippen LogP contribution < -0.4 is 4.74 Å². The van der Waals surface area contributed by atoms with Gasteiger partial charge in [0, 0.05) is 6.42 Å². The average Bonchev–Trinajstić information content (AvgIpc) is 2.63. The minimum Gasteiger partial charge on any atom is -0.496 e. The van der Waals surface area contributed by atoms with Crippen LogP contribution in [0.1, 0.15) is 53.7 Å². The molecule has 0 radical (unpaired) electrons. The quantitative estimate of drug-likeness (QED) is 0.875. The van der Waals surface area contributed by atoms with Crippen molar-refractivity contribution in [1.29, 1.82) is 0 Å². The number of fused-ring (bicyclic) bond motifs is 1. The summed E-state index contributed by atoms with van der Waals surface area (Å²) in [6.07, 6.45) is 5.23. The minimum absolute atomic E-state index is 0.0531. The van der Waals surface area contributed by atoms with Gasteiger partial charge < -0.3 is 14.6 Å². The van der Waals surface area contributed by atoms with E-state index in [1.165, 1.54) is 40.7 Å². The van der Waals surface area contributed by atoms with E-state index in [2.05, 4.69) is 43.3 Å². The average molecular weight is 352 g/mol. The van der Waals surface area contributed by atoms with Crippen LogP contribution in [0.2, 0.25) is 0 Å². The van der Waals surface area contributed by atoms with Crippen molar-refractivity contribution >= 4 is 0 Å². The molecule has 0 saturated carbocycles. The van der Waals surface area contributed by atoms with Crippen LogP contribution in [-0.2, 0) is 24.0 Å². The number of benzene rings is 2. The molecule has 1 N–H and O–H groups in total. The van der Waals surface area contributed by atoms with Crippen LogP contribution in [0.3, 0.4) is 0 Å². The molecule has 2 aromatic rings. The first-order valence-corrected chi connectivity index (χ1v) is 9.70. The van der Waals surface area contributed by atoms with Crippen LogP contribution in [0, 0.1) is 5.92 Å². The molecule has 3 heteroatoms. The Bertz CT molecular complexity index is 783. The molecular formula is C23H28O3. The summed E-state index contributed by atoms with van der Waals surface area (Å²) >= 11 is 0. The normalized spacial score (nSPS) is 24.7. The van der Waals surface area contributed by atoms with Gasteiger partial charge in [-0.3, -0.25) is 0 Å². The number of methoxy groups -OCH3 is 1. The van der Waals surface area contributed by atoms with Gasteiger partial charge in [0.2, 0.25) is 0 Å². The van der Waals surface area contributed by atoms with Gasteiger partial charge in [0.25, 0.3) is 0 Å². The monoisotopic (exact) mass is 352 g/mol. The second-order valence-electron chi connectivity index (χ2n) is 7.86. The van der Waals surface area contributed by atoms with Crippen molar-refractivity contribution in [2.24, 2.45) is 5.92 Å². The number of rotatable bonds is 5. The Labute approximate surface area is 156 Å². The molecule has 3 unspecified atom stereocenters. The zero-order valence-corrected chi connectivity index (χ0v) is 15.7. The molecule has 0 spiro atoms. The third-order valence-electron chi connectivity index (χ3n) is 5.85. The van der Waals surface area contributed by atoms with Crippen molar-refractivity contribution in [1.82, 2.24) is 0 Å². The van der Waals surface area contributed by atoms with Gasteiger partial charge in [-0.1, -0.05) is 31.2 Å². The molecule has 26 heavy (non-hydrogen) atoms. The van der Waals surface area contributed by atoms with Gasteiger partial charge in [0.15, 0.2) is 0 Å². The second kappa shape index (κ2) is 7.42. The zero-order chi connectivity index (χ0) is 18.1. The molecule has 1 saturated heterocycles. The van der Waals surface area contributed by atoms with Gasteiger partial charge in [-0.15, -0.1) is 0 Å². The summed E-state index contributed by atoms with van der Waals surface area (Å²) in [4.78, 5) is 0. The van der Waals surface area contributed by atoms with Gasteiger partial charge in [0.1, 0.15) is 5.75 Å². The Morgan fingerprint density at radius 2 is 1.92 bits per heavy atom. The molecular weight excluding hydrogens is 324 g/mol. The first-order valence-electron chi connectivity index (χ1n) is 9.70. The molecule has 138 valence electrons. The number of hydrogen-bond acceptors (Lipinski definition) is 3. The number of ether oxygens (including phenoxy) is 2. The van der Waals surface area contributed by atoms with Crippen molar-refractivity contribution in [3.8, 4) is 5.75 Å². The fourth-order valence-electron chi connectivity index (χ4n) is 4.30. The summed E-state index contributed by atoms with van der Waals surface area (Å²) < 4.78 is 11.7. The third kappa shape index (κ3) is 3.51. The van der Waals surface area contributed by atoms with Gasteiger partial charge in [-0.25, -0.2) is 0 Å². The lowest BCUT2D eigenvalue weighted by molar-refractivity contribution is -0.0900. The van der Waals surface area contributed by atoms with Crippen LogP contribution >= 0.6 is 0 Å². The summed E-state index contributed by atoms with van der Waals surface area (Å²) in [6.45, 7) is 2.34. The van der Waals surface area contributed by atoms with E-state index in [0.29, 0.717) is 5.92 Å². The van der Waals surface area contributed by atoms with E-state index in [-0.39, 0.29) is 18.8 Å². The number of aryl methyl sites for hydroxylation is 2. The van der Waals surface area contributed by atoms with Gasteiger partial charge >= 0.3 is 0 Å². The lowest BCUT2D eigenvalue weighted by Gasteiger charge is -2.33. The van der Waals surface area contributed by atoms with Crippen molar-refractivity contribution in [2.45, 2.75) is 51.2 Å². The van der Waals surface area contributed by atoms with Crippen molar-refractivity contribution in [2.75, 3.05) is 13.7 Å². The van der Waals surface area contributed by atoms with Crippen LogP contribution in [-0.4, -0.2) is 24.9 Å². The summed E-state index contributed by atoms with van der Waals surface area (Å²) in [5, 5.41) is 9.51. The molecule has 0 amide bonds. The maximum Gasteiger partial charge on any atom is 0.122 e. The van der Waals surface area contributed by atoms with Crippen LogP contribution in [0.25, 0.3) is 0 Å². The standard InChI is InChI=1S/C23H28O3/c1-15-9-21(14-24)26-23(10-15)19-7-8-22(25-2)20(13-19)12-16-3-4-17-5-6-18(17)11-16/h3-4,7-8,11,13,15,21,23-24H,5-6,9-10,12,14H2,1-2H3. The van der Waals surface area contributed by atoms with E-state index in [9.17, 15) is 5.11 Å². The van der Waals surface area contributed by atoms with Crippen LogP contribution in [0.5, 0.6) is 5.75 Å². The van der Waals surface area contributed by atoms with E-state index >= 15 is 0 Å². The fraction of sp³-hybridized carbons (Fsp3) is 0.478. The fourth-order valence-corrected chi connectivity index (χ4v) is 4.30. The molecule has 2 aromatic carbocycles. The van der Waals surface area contributed by atoms with Gasteiger partial charge in [-0.05, 0) is 71.6 Å². The molecule has 3 atom stereocenters. The third-order valence-corrected chi connectivity index (χ3v) is 5.85. The zero-order valence-electron chi connectivity index (χ0n) is 15.7. The Kier molecular flexibility index (Phi) is 5.01. The smallest absolute Gasteiger partial charge is 0.122 e. The maximum atomic E-state index is 9.51. The molecule has 1 aliphatic carbocycles. The Morgan fingerprint density at radius 3 is 2.62 bits per heavy atom. The number of aliphatic hydroxyl groups is 1. The van der Waals surface area contributed by atoms with Crippen molar-refractivity contribution in [3.05, 3.63) is 64.2 Å². The Balaban J connectivity index is 1.59. The summed E-state index contributed by atoms with van der Waals surface area (Å²) in [5.41, 5.74) is 6.72. The van der Waals surface area contributed by atoms with Gasteiger partial charge in [-0.2, -0.15) is 0 Å². The van der Waals surface area contributed by atoms with E-state index < -0.39 is 0 Å². The lowest BCUT2D eigenvalue weighted by atomic mass is 9.86. The molecule has 1 fully saturated rings. The predicted molar refractivity (Wildman–Crippen MR) is 103 cm³/mol. The highest BCUT2D eigenvalue weighted by Gasteiger charge is 2.28. The van der Waals surface area contributed by atoms with E-state index in [4.69, 9.17) is 9.47 Å². The van der Waals surface area contributed by atoms with Crippen LogP contribution in [0.15, 0.2) is 36.4 Å². The maximum absolute atomic E-state index is 9.51. The van der Waals surface area contributed by atoms with Gasteiger partial charge in [0.05, 0.1) is 25.9 Å². The molecule has 4 rings (SSSR count). The van der Waals surface area contributed by atoms with E-state index in [1.807, 2.05) is 0 Å². The molecule has 3 nitrogen and oxygen atoms in total. The van der Waals surface area contributed by atoms with Crippen LogP contribution in [0.4, 0.5) is 0 Å². The SMILES string of the molecule is COc1ccc(C2CC(C)CC(CO)O2)cc1Cc1ccc2c(c1)CC2. The summed E-state index contributed by atoms with van der Waals surface area (Å²) in [7, 11) is 1.73. The lowest BCUT2D eigenvalue weighted by Crippen LogP contribution is -2.29. The summed E-state index contributed by atoms with van der Waals surface area (Å²) in [5.74, 6) is 1.49. The molecule has 0 bridgehead atoms. The van der Waals surface area contributed by atoms with Crippen molar-refractivity contribution in [3.63, 3.8) is 0 Å². The first kappa shape index (κ1) is 17.6. The Morgan fingerprint density at radius 1 is 1.08 bits per heavy atom. The second-order valence-corrected chi connectivity index (χ2v) is 7.86. The first-order chi connectivity index (χ1) is 12.7. The van der Waals surface area contributed by atoms with E-state index in [1.54, 1.807) is 7.11 Å². The largest absolute Gasteiger partial charge is 0.496 e. The molecule has 1 aliphatic heterocycles. The highest BCUT2D eigenvalue weighted by atomic mass is 16.5. The number of aliphatic hydroxyl groups excluding tert-OH is 1. The van der Waals surface area contributed by atoms with Crippen molar-refractivity contribution < 1.29 is 14.6 Å². The minimum atomic E-state index is -0.0535. The topological polar surface area (TPSA) is 38.7 Å². The Hall–Kier alpha value is -1.84. The summed E-state index contributed by atoms with van der Waals surface area (Å²) in [6, 6.07) is 13.2. The molecule has 2 aliphatic rings. The van der Waals surface area contributed by atoms with E-state index in [0.717, 1.165) is 25.0 Å². The highest BCUT2D eigenvalue weighted by Crippen LogP contribution is 2.37. The number of hydrogen-bond donors (Lipinski definition) is 1.